The van der Waals surface area contributed by atoms with Crippen LogP contribution in [0.15, 0.2) is 12.1 Å². The van der Waals surface area contributed by atoms with Gasteiger partial charge in [-0.05, 0) is 30.7 Å². The number of rotatable bonds is 3. The van der Waals surface area contributed by atoms with Gasteiger partial charge in [0.05, 0.1) is 12.7 Å². The Morgan fingerprint density at radius 2 is 2.00 bits per heavy atom. The lowest BCUT2D eigenvalue weighted by atomic mass is 10.0. The minimum Gasteiger partial charge on any atom is -0.504 e. The van der Waals surface area contributed by atoms with E-state index in [1.54, 1.807) is 0 Å². The van der Waals surface area contributed by atoms with Crippen molar-refractivity contribution in [3.63, 3.8) is 0 Å². The van der Waals surface area contributed by atoms with Crippen molar-refractivity contribution >= 4 is 22.6 Å². The quantitative estimate of drug-likeness (QED) is 0.635. The molecule has 0 aliphatic heterocycles. The molecule has 5 heteroatoms. The van der Waals surface area contributed by atoms with Gasteiger partial charge in [-0.25, -0.2) is 0 Å². The number of benzene rings is 1. The summed E-state index contributed by atoms with van der Waals surface area (Å²) in [4.78, 5) is 22.3. The molecule has 1 rings (SSSR count). The van der Waals surface area contributed by atoms with Crippen LogP contribution in [0.4, 0.5) is 0 Å². The van der Waals surface area contributed by atoms with Crippen LogP contribution in [-0.2, 0) is 0 Å². The minimum absolute atomic E-state index is 0.00231. The lowest BCUT2D eigenvalue weighted by molar-refractivity contribution is 0.0996. The van der Waals surface area contributed by atoms with Crippen LogP contribution in [0, 0.1) is 0 Å². The van der Waals surface area contributed by atoms with E-state index in [0.29, 0.717) is 0 Å². The molecule has 15 heavy (non-hydrogen) atoms. The normalized spacial score (nSPS) is 9.80. The number of phenols is 1. The number of carbonyl (C=O) groups excluding carboxylic acids is 2. The van der Waals surface area contributed by atoms with Crippen LogP contribution in [0.1, 0.15) is 27.6 Å². The van der Waals surface area contributed by atoms with E-state index in [2.05, 4.69) is 0 Å². The molecule has 1 aromatic rings. The second-order valence-corrected chi connectivity index (χ2v) is 3.21. The summed E-state index contributed by atoms with van der Waals surface area (Å²) in [6.07, 6.45) is 0. The summed E-state index contributed by atoms with van der Waals surface area (Å²) in [7, 11) is 1.30. The van der Waals surface area contributed by atoms with E-state index in [-0.39, 0.29) is 22.6 Å². The number of halogens is 1. The molecule has 0 aliphatic carbocycles. The molecule has 0 unspecified atom stereocenters. The van der Waals surface area contributed by atoms with Crippen molar-refractivity contribution in [2.75, 3.05) is 7.11 Å². The highest BCUT2D eigenvalue weighted by molar-refractivity contribution is 6.68. The van der Waals surface area contributed by atoms with Crippen LogP contribution in [0.3, 0.4) is 0 Å². The summed E-state index contributed by atoms with van der Waals surface area (Å²) in [5, 5.41) is 8.65. The molecular weight excluding hydrogens is 220 g/mol. The second kappa shape index (κ2) is 4.31. The first kappa shape index (κ1) is 11.5. The van der Waals surface area contributed by atoms with Crippen LogP contribution in [0.5, 0.6) is 11.5 Å². The molecule has 0 aromatic heterocycles. The fourth-order valence-electron chi connectivity index (χ4n) is 1.29. The maximum atomic E-state index is 11.3. The van der Waals surface area contributed by atoms with Gasteiger partial charge >= 0.3 is 0 Å². The average molecular weight is 229 g/mol. The monoisotopic (exact) mass is 228 g/mol. The summed E-state index contributed by atoms with van der Waals surface area (Å²) < 4.78 is 4.85. The molecule has 1 aromatic carbocycles. The largest absolute Gasteiger partial charge is 0.504 e. The third-order valence-corrected chi connectivity index (χ3v) is 2.11. The van der Waals surface area contributed by atoms with Gasteiger partial charge in [0.15, 0.2) is 17.3 Å². The molecule has 0 fully saturated rings. The third-order valence-electron chi connectivity index (χ3n) is 1.90. The fourth-order valence-corrected chi connectivity index (χ4v) is 1.45. The van der Waals surface area contributed by atoms with Crippen molar-refractivity contribution < 1.29 is 19.4 Å². The van der Waals surface area contributed by atoms with E-state index in [9.17, 15) is 14.7 Å². The van der Waals surface area contributed by atoms with Gasteiger partial charge < -0.3 is 9.84 Å². The highest BCUT2D eigenvalue weighted by Gasteiger charge is 2.20. The molecule has 0 saturated carbocycles. The van der Waals surface area contributed by atoms with Crippen molar-refractivity contribution in [1.82, 2.24) is 0 Å². The van der Waals surface area contributed by atoms with Gasteiger partial charge in [-0.3, -0.25) is 9.59 Å². The SMILES string of the molecule is COc1c(O)ccc(C(=O)Cl)c1C(C)=O. The summed E-state index contributed by atoms with van der Waals surface area (Å²) >= 11 is 5.31. The van der Waals surface area contributed by atoms with E-state index >= 15 is 0 Å². The molecule has 0 aliphatic rings. The molecule has 0 saturated heterocycles. The number of ether oxygens (including phenoxy) is 1. The van der Waals surface area contributed by atoms with Crippen LogP contribution in [0.25, 0.3) is 0 Å². The van der Waals surface area contributed by atoms with E-state index in [0.717, 1.165) is 0 Å². The number of aromatic hydroxyl groups is 1. The van der Waals surface area contributed by atoms with E-state index in [1.807, 2.05) is 0 Å². The first-order chi connectivity index (χ1) is 6.99. The zero-order valence-corrected chi connectivity index (χ0v) is 8.96. The molecule has 80 valence electrons. The number of methoxy groups -OCH3 is 1. The molecule has 1 N–H and O–H groups in total. The Balaban J connectivity index is 3.56. The van der Waals surface area contributed by atoms with Gasteiger partial charge in [0, 0.05) is 5.56 Å². The Kier molecular flexibility index (Phi) is 3.31. The Morgan fingerprint density at radius 1 is 1.40 bits per heavy atom. The van der Waals surface area contributed by atoms with Crippen LogP contribution >= 0.6 is 11.6 Å². The zero-order chi connectivity index (χ0) is 11.6. The zero-order valence-electron chi connectivity index (χ0n) is 8.20. The second-order valence-electron chi connectivity index (χ2n) is 2.87. The minimum atomic E-state index is -0.765. The Hall–Kier alpha value is -1.55. The Labute approximate surface area is 91.4 Å². The number of hydrogen-bond donors (Lipinski definition) is 1. The highest BCUT2D eigenvalue weighted by Crippen LogP contribution is 2.33. The molecular formula is C10H9ClO4. The van der Waals surface area contributed by atoms with Gasteiger partial charge in [-0.15, -0.1) is 0 Å². The van der Waals surface area contributed by atoms with Crippen LogP contribution in [-0.4, -0.2) is 23.2 Å². The van der Waals surface area contributed by atoms with Crippen molar-refractivity contribution in [3.8, 4) is 11.5 Å². The number of hydrogen-bond acceptors (Lipinski definition) is 4. The first-order valence-electron chi connectivity index (χ1n) is 4.09. The first-order valence-corrected chi connectivity index (χ1v) is 4.47. The van der Waals surface area contributed by atoms with Gasteiger partial charge in [0.1, 0.15) is 0 Å². The average Bonchev–Trinajstić information content (AvgIpc) is 2.16. The van der Waals surface area contributed by atoms with Crippen molar-refractivity contribution in [2.24, 2.45) is 0 Å². The third kappa shape index (κ3) is 2.10. The number of ketones is 1. The van der Waals surface area contributed by atoms with Gasteiger partial charge in [0.25, 0.3) is 5.24 Å². The lowest BCUT2D eigenvalue weighted by Gasteiger charge is -2.10. The van der Waals surface area contributed by atoms with E-state index in [1.165, 1.54) is 26.2 Å². The number of Topliss-reactive ketones (excluding diaryl/α,β-unsaturated/α-hetero) is 1. The molecule has 0 bridgehead atoms. The molecule has 4 nitrogen and oxygen atoms in total. The van der Waals surface area contributed by atoms with Crippen molar-refractivity contribution in [2.45, 2.75) is 6.92 Å². The predicted molar refractivity (Wildman–Crippen MR) is 54.8 cm³/mol. The smallest absolute Gasteiger partial charge is 0.253 e. The van der Waals surface area contributed by atoms with Crippen molar-refractivity contribution in [3.05, 3.63) is 23.3 Å². The predicted octanol–water partition coefficient (Wildman–Crippen LogP) is 1.98. The Morgan fingerprint density at radius 3 is 2.40 bits per heavy atom. The summed E-state index contributed by atoms with van der Waals surface area (Å²) in [6.45, 7) is 1.26. The summed E-state index contributed by atoms with van der Waals surface area (Å²) in [6, 6.07) is 2.53. The maximum absolute atomic E-state index is 11.3. The number of carbonyl (C=O) groups is 2. The van der Waals surface area contributed by atoms with Gasteiger partial charge in [0.2, 0.25) is 0 Å². The van der Waals surface area contributed by atoms with Crippen molar-refractivity contribution in [1.29, 1.82) is 0 Å². The molecule has 0 atom stereocenters. The topological polar surface area (TPSA) is 63.6 Å². The lowest BCUT2D eigenvalue weighted by Crippen LogP contribution is -2.05. The maximum Gasteiger partial charge on any atom is 0.253 e. The highest BCUT2D eigenvalue weighted by atomic mass is 35.5. The number of phenolic OH excluding ortho intramolecular Hbond substituents is 1. The summed E-state index contributed by atoms with van der Waals surface area (Å²) in [5.74, 6) is -0.634. The standard InChI is InChI=1S/C10H9ClO4/c1-5(12)8-6(10(11)14)3-4-7(13)9(8)15-2/h3-4,13H,1-2H3. The van der Waals surface area contributed by atoms with Crippen LogP contribution in [0.2, 0.25) is 0 Å². The summed E-state index contributed by atoms with van der Waals surface area (Å²) in [5.41, 5.74) is 0.0244. The van der Waals surface area contributed by atoms with E-state index in [4.69, 9.17) is 16.3 Å². The molecule has 0 radical (unpaired) electrons. The van der Waals surface area contributed by atoms with Gasteiger partial charge in [-0.1, -0.05) is 0 Å². The molecule has 0 heterocycles. The fraction of sp³-hybridized carbons (Fsp3) is 0.200. The molecule has 0 amide bonds. The van der Waals surface area contributed by atoms with Gasteiger partial charge in [-0.2, -0.15) is 0 Å². The Bertz CT molecular complexity index is 426. The van der Waals surface area contributed by atoms with Crippen LogP contribution < -0.4 is 4.74 Å². The molecule has 0 spiro atoms. The van der Waals surface area contributed by atoms with E-state index < -0.39 is 11.0 Å².